The predicted molar refractivity (Wildman–Crippen MR) is 65.9 cm³/mol. The van der Waals surface area contributed by atoms with Gasteiger partial charge < -0.3 is 5.11 Å². The van der Waals surface area contributed by atoms with E-state index in [0.717, 1.165) is 10.8 Å². The number of hydrogen-bond donors (Lipinski definition) is 1. The summed E-state index contributed by atoms with van der Waals surface area (Å²) in [6.45, 7) is 0. The fourth-order valence-electron chi connectivity index (χ4n) is 1.40. The molecule has 2 nitrogen and oxygen atoms in total. The lowest BCUT2D eigenvalue weighted by atomic mass is 10.1. The highest BCUT2D eigenvalue weighted by Gasteiger charge is 2.10. The number of carboxylic acids is 1. The summed E-state index contributed by atoms with van der Waals surface area (Å²) in [4.78, 5) is 10.8. The molecule has 0 bridgehead atoms. The standard InChI is InChI=1S/C11H7ClO2.Al.3H/c12-10-8-4-2-1-3-7(8)5-6-9(10)11(13)14;;;;/h1-6H,(H,13,14);;;;. The van der Waals surface area contributed by atoms with Crippen molar-refractivity contribution in [3.8, 4) is 0 Å². The van der Waals surface area contributed by atoms with E-state index in [1.165, 1.54) is 6.07 Å². The fourth-order valence-corrected chi connectivity index (χ4v) is 1.71. The first-order chi connectivity index (χ1) is 6.70. The number of benzene rings is 2. The molecule has 15 heavy (non-hydrogen) atoms. The lowest BCUT2D eigenvalue weighted by Crippen LogP contribution is -1.97. The van der Waals surface area contributed by atoms with E-state index in [4.69, 9.17) is 16.7 Å². The van der Waals surface area contributed by atoms with Crippen molar-refractivity contribution in [2.24, 2.45) is 0 Å². The summed E-state index contributed by atoms with van der Waals surface area (Å²) < 4.78 is 0. The van der Waals surface area contributed by atoms with Gasteiger partial charge in [-0.05, 0) is 11.5 Å². The van der Waals surface area contributed by atoms with Gasteiger partial charge in [0.25, 0.3) is 0 Å². The third-order valence-corrected chi connectivity index (χ3v) is 2.50. The first-order valence-corrected chi connectivity index (χ1v) is 4.48. The molecule has 0 amide bonds. The van der Waals surface area contributed by atoms with Crippen LogP contribution in [0.1, 0.15) is 10.4 Å². The molecule has 0 radical (unpaired) electrons. The van der Waals surface area contributed by atoms with Gasteiger partial charge in [0.05, 0.1) is 10.6 Å². The number of carbonyl (C=O) groups is 1. The molecule has 0 aliphatic rings. The molecule has 0 saturated carbocycles. The van der Waals surface area contributed by atoms with Crippen LogP contribution in [0.5, 0.6) is 0 Å². The zero-order valence-corrected chi connectivity index (χ0v) is 7.95. The first kappa shape index (κ1) is 12.1. The number of carboxylic acid groups (broad SMARTS) is 1. The summed E-state index contributed by atoms with van der Waals surface area (Å²) in [6, 6.07) is 10.7. The van der Waals surface area contributed by atoms with E-state index in [0.29, 0.717) is 5.02 Å². The van der Waals surface area contributed by atoms with Gasteiger partial charge in [-0.3, -0.25) is 0 Å². The van der Waals surface area contributed by atoms with E-state index in [-0.39, 0.29) is 22.9 Å². The minimum absolute atomic E-state index is 0. The smallest absolute Gasteiger partial charge is 0.337 e. The molecule has 0 unspecified atom stereocenters. The topological polar surface area (TPSA) is 37.3 Å². The molecule has 2 rings (SSSR count). The summed E-state index contributed by atoms with van der Waals surface area (Å²) in [5.41, 5.74) is 0.144. The Morgan fingerprint density at radius 2 is 1.80 bits per heavy atom. The van der Waals surface area contributed by atoms with Crippen molar-refractivity contribution in [3.63, 3.8) is 0 Å². The van der Waals surface area contributed by atoms with Crippen LogP contribution in [0.3, 0.4) is 0 Å². The Kier molecular flexibility index (Phi) is 3.76. The van der Waals surface area contributed by atoms with Gasteiger partial charge >= 0.3 is 5.97 Å². The van der Waals surface area contributed by atoms with Gasteiger partial charge in [0.1, 0.15) is 0 Å². The molecular weight excluding hydrogens is 227 g/mol. The van der Waals surface area contributed by atoms with E-state index in [9.17, 15) is 4.79 Å². The Balaban J connectivity index is 0.00000112. The van der Waals surface area contributed by atoms with E-state index < -0.39 is 5.97 Å². The highest BCUT2D eigenvalue weighted by molar-refractivity contribution is 6.38. The molecule has 0 heterocycles. The van der Waals surface area contributed by atoms with Gasteiger partial charge in [-0.15, -0.1) is 0 Å². The molecule has 0 saturated heterocycles. The lowest BCUT2D eigenvalue weighted by Gasteiger charge is -2.03. The quantitative estimate of drug-likeness (QED) is 0.769. The Morgan fingerprint density at radius 3 is 2.47 bits per heavy atom. The normalized spacial score (nSPS) is 9.67. The van der Waals surface area contributed by atoms with Crippen molar-refractivity contribution in [2.75, 3.05) is 0 Å². The average Bonchev–Trinajstić information content (AvgIpc) is 2.18. The molecule has 2 aromatic carbocycles. The largest absolute Gasteiger partial charge is 0.478 e. The molecular formula is C11H10AlClO2. The number of halogens is 1. The van der Waals surface area contributed by atoms with Gasteiger partial charge in [-0.1, -0.05) is 41.9 Å². The lowest BCUT2D eigenvalue weighted by molar-refractivity contribution is 0.0697. The third-order valence-electron chi connectivity index (χ3n) is 2.09. The molecule has 1 N–H and O–H groups in total. The van der Waals surface area contributed by atoms with Crippen LogP contribution in [0.15, 0.2) is 36.4 Å². The fraction of sp³-hybridized carbons (Fsp3) is 0. The van der Waals surface area contributed by atoms with Crippen LogP contribution in [-0.4, -0.2) is 28.4 Å². The number of aromatic carboxylic acids is 1. The number of hydrogen-bond acceptors (Lipinski definition) is 1. The van der Waals surface area contributed by atoms with Gasteiger partial charge in [0.15, 0.2) is 17.4 Å². The van der Waals surface area contributed by atoms with Crippen molar-refractivity contribution in [1.82, 2.24) is 0 Å². The van der Waals surface area contributed by atoms with Gasteiger partial charge in [-0.25, -0.2) is 4.79 Å². The van der Waals surface area contributed by atoms with Gasteiger partial charge in [0, 0.05) is 5.39 Å². The Hall–Kier alpha value is -1.01. The van der Waals surface area contributed by atoms with E-state index in [1.807, 2.05) is 24.3 Å². The summed E-state index contributed by atoms with van der Waals surface area (Å²) in [5.74, 6) is -0.999. The maximum atomic E-state index is 10.8. The van der Waals surface area contributed by atoms with Crippen molar-refractivity contribution in [2.45, 2.75) is 0 Å². The molecule has 4 heteroatoms. The maximum absolute atomic E-state index is 10.8. The Morgan fingerprint density at radius 1 is 1.13 bits per heavy atom. The molecule has 0 fully saturated rings. The van der Waals surface area contributed by atoms with Crippen LogP contribution in [0.25, 0.3) is 10.8 Å². The monoisotopic (exact) mass is 236 g/mol. The second kappa shape index (κ2) is 4.67. The summed E-state index contributed by atoms with van der Waals surface area (Å²) in [5, 5.41) is 10.9. The second-order valence-electron chi connectivity index (χ2n) is 2.95. The predicted octanol–water partition coefficient (Wildman–Crippen LogP) is 2.01. The molecule has 76 valence electrons. The molecule has 2 aromatic rings. The zero-order valence-electron chi connectivity index (χ0n) is 7.20. The van der Waals surface area contributed by atoms with Crippen molar-refractivity contribution < 1.29 is 9.90 Å². The number of fused-ring (bicyclic) bond motifs is 1. The molecule has 0 aliphatic carbocycles. The summed E-state index contributed by atoms with van der Waals surface area (Å²) in [7, 11) is 0. The molecule has 0 aliphatic heterocycles. The van der Waals surface area contributed by atoms with Crippen molar-refractivity contribution in [3.05, 3.63) is 47.0 Å². The third kappa shape index (κ3) is 2.15. The maximum Gasteiger partial charge on any atom is 0.337 e. The van der Waals surface area contributed by atoms with Crippen molar-refractivity contribution in [1.29, 1.82) is 0 Å². The summed E-state index contributed by atoms with van der Waals surface area (Å²) in [6.07, 6.45) is 0. The number of rotatable bonds is 1. The minimum Gasteiger partial charge on any atom is -0.478 e. The Bertz CT molecular complexity index is 511. The molecule has 0 spiro atoms. The first-order valence-electron chi connectivity index (χ1n) is 4.10. The van der Waals surface area contributed by atoms with E-state index >= 15 is 0 Å². The molecule has 0 atom stereocenters. The Labute approximate surface area is 103 Å². The minimum atomic E-state index is -0.999. The van der Waals surface area contributed by atoms with Crippen LogP contribution in [0.2, 0.25) is 5.02 Å². The van der Waals surface area contributed by atoms with Gasteiger partial charge in [0.2, 0.25) is 0 Å². The SMILES string of the molecule is O=C(O)c1ccc2ccccc2c1Cl.[AlH3]. The van der Waals surface area contributed by atoms with Crippen LogP contribution in [-0.2, 0) is 0 Å². The average molecular weight is 237 g/mol. The highest BCUT2D eigenvalue weighted by Crippen LogP contribution is 2.26. The van der Waals surface area contributed by atoms with Crippen LogP contribution < -0.4 is 0 Å². The van der Waals surface area contributed by atoms with E-state index in [1.54, 1.807) is 6.07 Å². The zero-order chi connectivity index (χ0) is 10.1. The van der Waals surface area contributed by atoms with Crippen molar-refractivity contribution >= 4 is 45.7 Å². The van der Waals surface area contributed by atoms with E-state index in [2.05, 4.69) is 0 Å². The summed E-state index contributed by atoms with van der Waals surface area (Å²) >= 11 is 5.96. The highest BCUT2D eigenvalue weighted by atomic mass is 35.5. The van der Waals surface area contributed by atoms with Gasteiger partial charge in [-0.2, -0.15) is 0 Å². The molecule has 0 aromatic heterocycles. The second-order valence-corrected chi connectivity index (χ2v) is 3.33. The van der Waals surface area contributed by atoms with Crippen LogP contribution >= 0.6 is 11.6 Å². The van der Waals surface area contributed by atoms with Crippen LogP contribution in [0.4, 0.5) is 0 Å². The van der Waals surface area contributed by atoms with Crippen LogP contribution in [0, 0.1) is 0 Å².